The van der Waals surface area contributed by atoms with Crippen molar-refractivity contribution < 1.29 is 42.7 Å². The molecule has 0 saturated carbocycles. The normalized spacial score (nSPS) is 16.8. The van der Waals surface area contributed by atoms with Crippen molar-refractivity contribution in [1.29, 1.82) is 0 Å². The number of methoxy groups -OCH3 is 2. The molecule has 0 radical (unpaired) electrons. The highest BCUT2D eigenvalue weighted by Gasteiger charge is 2.29. The summed E-state index contributed by atoms with van der Waals surface area (Å²) in [5.41, 5.74) is -0.0899. The third kappa shape index (κ3) is 5.35. The van der Waals surface area contributed by atoms with E-state index in [9.17, 15) is 9.59 Å². The monoisotopic (exact) mass is 373 g/mol. The third-order valence-corrected chi connectivity index (χ3v) is 3.38. The number of fused-ring (bicyclic) bond motifs is 1. The van der Waals surface area contributed by atoms with Gasteiger partial charge in [-0.05, 0) is 0 Å². The SMILES string of the molecule is COC(=O)c1[nH]c(C(=O)OC)c2c1OCCOCCOCCOCCO2. The highest BCUT2D eigenvalue weighted by molar-refractivity contribution is 5.98. The second kappa shape index (κ2) is 10.6. The molecular weight excluding hydrogens is 350 g/mol. The Morgan fingerprint density at radius 1 is 0.692 bits per heavy atom. The smallest absolute Gasteiger partial charge is 0.358 e. The van der Waals surface area contributed by atoms with Gasteiger partial charge in [-0.15, -0.1) is 0 Å². The first-order valence-corrected chi connectivity index (χ1v) is 8.10. The number of aromatic amines is 1. The molecule has 1 aliphatic heterocycles. The van der Waals surface area contributed by atoms with Crippen molar-refractivity contribution in [2.75, 3.05) is 67.1 Å². The zero-order valence-electron chi connectivity index (χ0n) is 14.8. The molecule has 0 aliphatic carbocycles. The highest BCUT2D eigenvalue weighted by atomic mass is 16.6. The topological polar surface area (TPSA) is 115 Å². The molecule has 26 heavy (non-hydrogen) atoms. The van der Waals surface area contributed by atoms with Gasteiger partial charge in [0.15, 0.2) is 22.9 Å². The van der Waals surface area contributed by atoms with Gasteiger partial charge in [-0.25, -0.2) is 9.59 Å². The zero-order valence-corrected chi connectivity index (χ0v) is 14.8. The first kappa shape index (κ1) is 20.0. The average molecular weight is 373 g/mol. The summed E-state index contributed by atoms with van der Waals surface area (Å²) in [6.07, 6.45) is 0. The number of H-pyrrole nitrogens is 1. The standard InChI is InChI=1S/C16H23NO9/c1-20-15(18)11-13-14(12(17-11)16(19)21-2)26-10-8-24-6-4-22-3-5-23-7-9-25-13/h17H,3-10H2,1-2H3. The minimum absolute atomic E-state index is 0.0449. The second-order valence-corrected chi connectivity index (χ2v) is 5.05. The molecule has 0 saturated heterocycles. The summed E-state index contributed by atoms with van der Waals surface area (Å²) in [6, 6.07) is 0. The Morgan fingerprint density at radius 2 is 1.04 bits per heavy atom. The fourth-order valence-corrected chi connectivity index (χ4v) is 2.18. The summed E-state index contributed by atoms with van der Waals surface area (Å²) in [7, 11) is 2.44. The molecule has 0 amide bonds. The molecule has 1 aromatic rings. The maximum Gasteiger partial charge on any atom is 0.358 e. The van der Waals surface area contributed by atoms with E-state index in [0.29, 0.717) is 26.4 Å². The predicted octanol–water partition coefficient (Wildman–Crippen LogP) is 0.409. The van der Waals surface area contributed by atoms with E-state index in [1.807, 2.05) is 0 Å². The van der Waals surface area contributed by atoms with Crippen molar-refractivity contribution in [1.82, 2.24) is 4.98 Å². The molecule has 2 heterocycles. The number of nitrogens with one attached hydrogen (secondary N) is 1. The summed E-state index contributed by atoms with van der Waals surface area (Å²) in [5, 5.41) is 0. The van der Waals surface area contributed by atoms with Crippen LogP contribution in [0.25, 0.3) is 0 Å². The minimum Gasteiger partial charge on any atom is -0.485 e. The summed E-state index contributed by atoms with van der Waals surface area (Å²) < 4.78 is 36.8. The Bertz CT molecular complexity index is 550. The van der Waals surface area contributed by atoms with Crippen molar-refractivity contribution in [3.8, 4) is 11.5 Å². The van der Waals surface area contributed by atoms with Crippen molar-refractivity contribution in [3.05, 3.63) is 11.4 Å². The summed E-state index contributed by atoms with van der Waals surface area (Å²) in [5.74, 6) is -1.29. The van der Waals surface area contributed by atoms with E-state index in [0.717, 1.165) is 0 Å². The van der Waals surface area contributed by atoms with Gasteiger partial charge < -0.3 is 38.1 Å². The van der Waals surface area contributed by atoms with E-state index in [-0.39, 0.29) is 49.3 Å². The van der Waals surface area contributed by atoms with E-state index >= 15 is 0 Å². The summed E-state index contributed by atoms with van der Waals surface area (Å²) in [6.45, 7) is 2.47. The van der Waals surface area contributed by atoms with E-state index in [2.05, 4.69) is 4.98 Å². The van der Waals surface area contributed by atoms with Gasteiger partial charge in [0.05, 0.1) is 53.9 Å². The van der Waals surface area contributed by atoms with Crippen molar-refractivity contribution in [3.63, 3.8) is 0 Å². The number of aromatic nitrogens is 1. The van der Waals surface area contributed by atoms with Gasteiger partial charge in [0.1, 0.15) is 13.2 Å². The van der Waals surface area contributed by atoms with Crippen LogP contribution in [0.2, 0.25) is 0 Å². The molecular formula is C16H23NO9. The molecule has 1 aliphatic rings. The van der Waals surface area contributed by atoms with Gasteiger partial charge >= 0.3 is 11.9 Å². The molecule has 0 unspecified atom stereocenters. The van der Waals surface area contributed by atoms with Crippen molar-refractivity contribution >= 4 is 11.9 Å². The van der Waals surface area contributed by atoms with Gasteiger partial charge in [0.25, 0.3) is 0 Å². The Labute approximate surface area is 150 Å². The highest BCUT2D eigenvalue weighted by Crippen LogP contribution is 2.36. The number of carbonyl (C=O) groups is 2. The van der Waals surface area contributed by atoms with Gasteiger partial charge in [-0.3, -0.25) is 0 Å². The van der Waals surface area contributed by atoms with Gasteiger partial charge in [0, 0.05) is 0 Å². The quantitative estimate of drug-likeness (QED) is 0.736. The van der Waals surface area contributed by atoms with Crippen LogP contribution in [0.3, 0.4) is 0 Å². The van der Waals surface area contributed by atoms with Gasteiger partial charge in [0.2, 0.25) is 0 Å². The van der Waals surface area contributed by atoms with Gasteiger partial charge in [-0.2, -0.15) is 0 Å². The van der Waals surface area contributed by atoms with Crippen LogP contribution in [0.5, 0.6) is 11.5 Å². The first-order chi connectivity index (χ1) is 12.7. The summed E-state index contributed by atoms with van der Waals surface area (Å²) >= 11 is 0. The lowest BCUT2D eigenvalue weighted by atomic mass is 10.3. The molecule has 1 aromatic heterocycles. The fourth-order valence-electron chi connectivity index (χ4n) is 2.18. The molecule has 10 heteroatoms. The predicted molar refractivity (Wildman–Crippen MR) is 86.9 cm³/mol. The number of esters is 2. The van der Waals surface area contributed by atoms with Crippen LogP contribution < -0.4 is 9.47 Å². The van der Waals surface area contributed by atoms with Crippen molar-refractivity contribution in [2.45, 2.75) is 0 Å². The maximum absolute atomic E-state index is 12.0. The van der Waals surface area contributed by atoms with Crippen LogP contribution in [0.1, 0.15) is 21.0 Å². The number of ether oxygens (including phenoxy) is 7. The number of rotatable bonds is 2. The molecule has 10 nitrogen and oxygen atoms in total. The van der Waals surface area contributed by atoms with E-state index in [1.54, 1.807) is 0 Å². The van der Waals surface area contributed by atoms with Gasteiger partial charge in [-0.1, -0.05) is 0 Å². The molecule has 2 rings (SSSR count). The Hall–Kier alpha value is -2.30. The Balaban J connectivity index is 2.27. The second-order valence-electron chi connectivity index (χ2n) is 5.05. The Morgan fingerprint density at radius 3 is 1.38 bits per heavy atom. The molecule has 0 spiro atoms. The first-order valence-electron chi connectivity index (χ1n) is 8.10. The molecule has 146 valence electrons. The van der Waals surface area contributed by atoms with Crippen LogP contribution in [0.4, 0.5) is 0 Å². The minimum atomic E-state index is -0.705. The van der Waals surface area contributed by atoms with Crippen LogP contribution in [0.15, 0.2) is 0 Å². The van der Waals surface area contributed by atoms with Crippen LogP contribution in [-0.4, -0.2) is 84.0 Å². The maximum atomic E-state index is 12.0. The van der Waals surface area contributed by atoms with Crippen LogP contribution in [0, 0.1) is 0 Å². The molecule has 1 N–H and O–H groups in total. The van der Waals surface area contributed by atoms with E-state index in [4.69, 9.17) is 33.2 Å². The molecule has 0 aromatic carbocycles. The van der Waals surface area contributed by atoms with Crippen LogP contribution >= 0.6 is 0 Å². The number of hydrogen-bond donors (Lipinski definition) is 1. The lowest BCUT2D eigenvalue weighted by molar-refractivity contribution is 0.00693. The largest absolute Gasteiger partial charge is 0.485 e. The lowest BCUT2D eigenvalue weighted by Crippen LogP contribution is -2.13. The zero-order chi connectivity index (χ0) is 18.8. The third-order valence-electron chi connectivity index (χ3n) is 3.38. The van der Waals surface area contributed by atoms with E-state index in [1.165, 1.54) is 14.2 Å². The molecule has 0 fully saturated rings. The fraction of sp³-hybridized carbons (Fsp3) is 0.625. The average Bonchev–Trinajstić information content (AvgIpc) is 3.01. The number of hydrogen-bond acceptors (Lipinski definition) is 9. The summed E-state index contributed by atoms with van der Waals surface area (Å²) in [4.78, 5) is 26.7. The molecule has 0 bridgehead atoms. The molecule has 0 atom stereocenters. The van der Waals surface area contributed by atoms with Crippen molar-refractivity contribution in [2.24, 2.45) is 0 Å². The van der Waals surface area contributed by atoms with Crippen LogP contribution in [-0.2, 0) is 23.7 Å². The van der Waals surface area contributed by atoms with E-state index < -0.39 is 11.9 Å². The lowest BCUT2D eigenvalue weighted by Gasteiger charge is -2.11. The number of carbonyl (C=O) groups excluding carboxylic acids is 2. The Kier molecular flexibility index (Phi) is 8.19.